The molecule has 0 N–H and O–H groups in total. The summed E-state index contributed by atoms with van der Waals surface area (Å²) < 4.78 is 18.1. The molecular weight excluding hydrogens is 304 g/mol. The average Bonchev–Trinajstić information content (AvgIpc) is 2.49. The summed E-state index contributed by atoms with van der Waals surface area (Å²) in [4.78, 5) is 0. The Hall–Kier alpha value is -1.10. The van der Waals surface area contributed by atoms with E-state index in [-0.39, 0.29) is 23.4 Å². The molecule has 0 fully saturated rings. The van der Waals surface area contributed by atoms with Gasteiger partial charge in [0.25, 0.3) is 0 Å². The number of hydrogen-bond donors (Lipinski definition) is 0. The van der Waals surface area contributed by atoms with Crippen molar-refractivity contribution in [3.8, 4) is 0 Å². The van der Waals surface area contributed by atoms with E-state index in [1.54, 1.807) is 7.11 Å². The number of rotatable bonds is 4. The first-order valence-electron chi connectivity index (χ1n) is 8.29. The van der Waals surface area contributed by atoms with E-state index in [1.807, 2.05) is 24.3 Å². The third kappa shape index (κ3) is 4.06. The van der Waals surface area contributed by atoms with Crippen molar-refractivity contribution in [1.29, 1.82) is 0 Å². The lowest BCUT2D eigenvalue weighted by Gasteiger charge is -2.42. The zero-order chi connectivity index (χ0) is 17.3. The first-order valence-corrected chi connectivity index (χ1v) is 11.2. The molecule has 3 atom stereocenters. The highest BCUT2D eigenvalue weighted by Gasteiger charge is 2.42. The predicted octanol–water partition coefficient (Wildman–Crippen LogP) is 5.27. The van der Waals surface area contributed by atoms with Crippen LogP contribution in [0.15, 0.2) is 42.2 Å². The van der Waals surface area contributed by atoms with Crippen LogP contribution in [-0.4, -0.2) is 21.7 Å². The van der Waals surface area contributed by atoms with Gasteiger partial charge in [0.2, 0.25) is 8.32 Å². The lowest BCUT2D eigenvalue weighted by Crippen LogP contribution is -2.42. The largest absolute Gasteiger partial charge is 0.546 e. The van der Waals surface area contributed by atoms with Crippen molar-refractivity contribution in [1.82, 2.24) is 0 Å². The van der Waals surface area contributed by atoms with Crippen LogP contribution >= 0.6 is 0 Å². The summed E-state index contributed by atoms with van der Waals surface area (Å²) in [5, 5.41) is 0.163. The Morgan fingerprint density at radius 2 is 1.70 bits per heavy atom. The molecule has 0 aliphatic carbocycles. The van der Waals surface area contributed by atoms with Gasteiger partial charge in [0.05, 0.1) is 11.9 Å². The van der Waals surface area contributed by atoms with E-state index in [0.29, 0.717) is 0 Å². The minimum Gasteiger partial charge on any atom is -0.546 e. The summed E-state index contributed by atoms with van der Waals surface area (Å²) in [6.07, 6.45) is 1.58. The van der Waals surface area contributed by atoms with Crippen molar-refractivity contribution in [3.05, 3.63) is 47.7 Å². The second-order valence-corrected chi connectivity index (χ2v) is 12.5. The highest BCUT2D eigenvalue weighted by Crippen LogP contribution is 2.43. The Balaban J connectivity index is 2.29. The van der Waals surface area contributed by atoms with E-state index < -0.39 is 8.32 Å². The monoisotopic (exact) mass is 334 g/mol. The molecule has 1 aromatic carbocycles. The summed E-state index contributed by atoms with van der Waals surface area (Å²) in [6.45, 7) is 13.5. The van der Waals surface area contributed by atoms with Crippen molar-refractivity contribution in [2.45, 2.75) is 58.2 Å². The zero-order valence-corrected chi connectivity index (χ0v) is 16.4. The fraction of sp³-hybridized carbons (Fsp3) is 0.579. The fourth-order valence-electron chi connectivity index (χ4n) is 2.44. The summed E-state index contributed by atoms with van der Waals surface area (Å²) >= 11 is 0. The van der Waals surface area contributed by atoms with E-state index in [4.69, 9.17) is 13.9 Å². The molecule has 3 unspecified atom stereocenters. The molecule has 1 aliphatic heterocycles. The van der Waals surface area contributed by atoms with Crippen LogP contribution in [0, 0.1) is 5.92 Å². The third-order valence-electron chi connectivity index (χ3n) is 5.02. The zero-order valence-electron chi connectivity index (χ0n) is 15.4. The number of ether oxygens (including phenoxy) is 2. The molecule has 1 heterocycles. The number of methoxy groups -OCH3 is 1. The van der Waals surface area contributed by atoms with Gasteiger partial charge in [0, 0.05) is 19.1 Å². The lowest BCUT2D eigenvalue weighted by atomic mass is 9.93. The Morgan fingerprint density at radius 3 is 2.22 bits per heavy atom. The molecule has 0 bridgehead atoms. The molecule has 0 saturated carbocycles. The van der Waals surface area contributed by atoms with Gasteiger partial charge in [0.15, 0.2) is 6.29 Å². The molecule has 0 spiro atoms. The van der Waals surface area contributed by atoms with Crippen LogP contribution in [0.2, 0.25) is 18.1 Å². The van der Waals surface area contributed by atoms with E-state index in [9.17, 15) is 0 Å². The van der Waals surface area contributed by atoms with Crippen LogP contribution in [0.3, 0.4) is 0 Å². The molecule has 0 radical (unpaired) electrons. The van der Waals surface area contributed by atoms with Crippen LogP contribution in [0.5, 0.6) is 0 Å². The van der Waals surface area contributed by atoms with Crippen molar-refractivity contribution in [2.24, 2.45) is 5.92 Å². The minimum absolute atomic E-state index is 0.0501. The molecular formula is C19H30O3Si. The predicted molar refractivity (Wildman–Crippen MR) is 96.6 cm³/mol. The summed E-state index contributed by atoms with van der Waals surface area (Å²) in [5.74, 6) is 1.17. The molecule has 128 valence electrons. The van der Waals surface area contributed by atoms with Crippen LogP contribution in [-0.2, 0) is 13.9 Å². The van der Waals surface area contributed by atoms with Gasteiger partial charge in [-0.1, -0.05) is 58.0 Å². The second kappa shape index (κ2) is 6.79. The van der Waals surface area contributed by atoms with Crippen molar-refractivity contribution < 1.29 is 13.9 Å². The molecule has 4 heteroatoms. The maximum absolute atomic E-state index is 6.58. The molecule has 0 aromatic heterocycles. The Kier molecular flexibility index (Phi) is 5.39. The van der Waals surface area contributed by atoms with Gasteiger partial charge < -0.3 is 13.9 Å². The van der Waals surface area contributed by atoms with Gasteiger partial charge >= 0.3 is 0 Å². The summed E-state index contributed by atoms with van der Waals surface area (Å²) in [5.41, 5.74) is 1.16. The van der Waals surface area contributed by atoms with Gasteiger partial charge in [-0.2, -0.15) is 0 Å². The molecule has 1 aliphatic rings. The molecule has 2 rings (SSSR count). The maximum atomic E-state index is 6.58. The van der Waals surface area contributed by atoms with Gasteiger partial charge in [-0.3, -0.25) is 0 Å². The molecule has 0 amide bonds. The van der Waals surface area contributed by atoms with Crippen LogP contribution < -0.4 is 0 Å². The van der Waals surface area contributed by atoms with E-state index in [1.165, 1.54) is 0 Å². The van der Waals surface area contributed by atoms with Gasteiger partial charge in [-0.25, -0.2) is 0 Å². The fourth-order valence-corrected chi connectivity index (χ4v) is 3.59. The van der Waals surface area contributed by atoms with E-state index in [2.05, 4.69) is 52.9 Å². The van der Waals surface area contributed by atoms with E-state index >= 15 is 0 Å². The topological polar surface area (TPSA) is 27.7 Å². The summed E-state index contributed by atoms with van der Waals surface area (Å²) in [7, 11) is -0.217. The third-order valence-corrected chi connectivity index (χ3v) is 9.38. The molecule has 3 nitrogen and oxygen atoms in total. The maximum Gasteiger partial charge on any atom is 0.250 e. The normalized spacial score (nSPS) is 25.9. The van der Waals surface area contributed by atoms with Crippen LogP contribution in [0.1, 0.15) is 39.4 Å². The van der Waals surface area contributed by atoms with Gasteiger partial charge in [-0.05, 0) is 23.7 Å². The average molecular weight is 335 g/mol. The quantitative estimate of drug-likeness (QED) is 0.702. The van der Waals surface area contributed by atoms with Crippen LogP contribution in [0.25, 0.3) is 0 Å². The standard InChI is InChI=1S/C19H30O3Si/c1-14-16(22-23(6,7)19(2,3)4)13-17(20-5)21-18(14)15-11-9-8-10-12-15/h8-14,17-18H,1-7H3. The Bertz CT molecular complexity index is 545. The molecule has 1 aromatic rings. The Labute approximate surface area is 141 Å². The minimum atomic E-state index is -1.89. The first-order chi connectivity index (χ1) is 10.7. The highest BCUT2D eigenvalue weighted by atomic mass is 28.4. The highest BCUT2D eigenvalue weighted by molar-refractivity contribution is 6.74. The molecule has 23 heavy (non-hydrogen) atoms. The van der Waals surface area contributed by atoms with Crippen molar-refractivity contribution >= 4 is 8.32 Å². The molecule has 0 saturated heterocycles. The smallest absolute Gasteiger partial charge is 0.250 e. The SMILES string of the molecule is COC1C=C(O[Si](C)(C)C(C)(C)C)C(C)C(c2ccccc2)O1. The van der Waals surface area contributed by atoms with Gasteiger partial charge in [0.1, 0.15) is 0 Å². The number of hydrogen-bond acceptors (Lipinski definition) is 3. The first kappa shape index (κ1) is 18.2. The van der Waals surface area contributed by atoms with Crippen molar-refractivity contribution in [2.75, 3.05) is 7.11 Å². The van der Waals surface area contributed by atoms with Gasteiger partial charge in [-0.15, -0.1) is 0 Å². The summed E-state index contributed by atoms with van der Waals surface area (Å²) in [6, 6.07) is 10.3. The lowest BCUT2D eigenvalue weighted by molar-refractivity contribution is -0.153. The van der Waals surface area contributed by atoms with E-state index in [0.717, 1.165) is 11.3 Å². The second-order valence-electron chi connectivity index (χ2n) is 7.79. The van der Waals surface area contributed by atoms with Crippen molar-refractivity contribution in [3.63, 3.8) is 0 Å². The van der Waals surface area contributed by atoms with Crippen LogP contribution in [0.4, 0.5) is 0 Å². The Morgan fingerprint density at radius 1 is 1.09 bits per heavy atom. The number of benzene rings is 1.